The molecule has 2 aliphatic heterocycles. The number of rotatable bonds is 5. The Kier molecular flexibility index (Phi) is 5.54. The fourth-order valence-corrected chi connectivity index (χ4v) is 5.55. The van der Waals surface area contributed by atoms with E-state index >= 15 is 0 Å². The molecule has 1 amide bonds. The summed E-state index contributed by atoms with van der Waals surface area (Å²) in [6.45, 7) is 2.90. The van der Waals surface area contributed by atoms with Crippen LogP contribution in [0.2, 0.25) is 0 Å². The molecule has 3 aliphatic rings. The molecule has 1 atom stereocenters. The predicted molar refractivity (Wildman–Crippen MR) is 111 cm³/mol. The lowest BCUT2D eigenvalue weighted by atomic mass is 9.72. The first-order chi connectivity index (χ1) is 14.7. The van der Waals surface area contributed by atoms with Crippen LogP contribution in [0.4, 0.5) is 0 Å². The minimum absolute atomic E-state index is 0.0245. The first-order valence-corrected chi connectivity index (χ1v) is 11.3. The van der Waals surface area contributed by atoms with Gasteiger partial charge in [0.2, 0.25) is 17.7 Å². The molecule has 1 unspecified atom stereocenters. The van der Waals surface area contributed by atoms with E-state index in [1.807, 2.05) is 12.1 Å². The van der Waals surface area contributed by atoms with Gasteiger partial charge in [0.25, 0.3) is 0 Å². The maximum atomic E-state index is 13.1. The zero-order valence-electron chi connectivity index (χ0n) is 17.5. The van der Waals surface area contributed by atoms with E-state index in [2.05, 4.69) is 20.1 Å². The molecule has 0 bridgehead atoms. The molecular formula is C23H30N4O3. The van der Waals surface area contributed by atoms with Crippen LogP contribution in [0, 0.1) is 11.3 Å². The number of aromatic nitrogens is 3. The number of carbonyl (C=O) groups excluding carboxylic acids is 1. The molecule has 2 saturated heterocycles. The van der Waals surface area contributed by atoms with Gasteiger partial charge in [-0.15, -0.1) is 10.2 Å². The van der Waals surface area contributed by atoms with Crippen molar-refractivity contribution in [2.75, 3.05) is 26.3 Å². The predicted octanol–water partition coefficient (Wildman–Crippen LogP) is 3.82. The summed E-state index contributed by atoms with van der Waals surface area (Å²) in [6, 6.07) is 3.74. The van der Waals surface area contributed by atoms with Gasteiger partial charge in [-0.25, -0.2) is 0 Å². The summed E-state index contributed by atoms with van der Waals surface area (Å²) in [7, 11) is 0. The number of nitrogens with zero attached hydrogens (tertiary/aromatic N) is 4. The Bertz CT molecular complexity index is 856. The van der Waals surface area contributed by atoms with E-state index in [1.54, 1.807) is 12.4 Å². The van der Waals surface area contributed by atoms with E-state index in [-0.39, 0.29) is 17.2 Å². The summed E-state index contributed by atoms with van der Waals surface area (Å²) >= 11 is 0. The van der Waals surface area contributed by atoms with Crippen LogP contribution in [0.5, 0.6) is 0 Å². The number of pyridine rings is 1. The average Bonchev–Trinajstić information content (AvgIpc) is 3.54. The van der Waals surface area contributed by atoms with Crippen LogP contribution in [-0.4, -0.2) is 52.3 Å². The van der Waals surface area contributed by atoms with Gasteiger partial charge in [-0.3, -0.25) is 9.78 Å². The molecule has 30 heavy (non-hydrogen) atoms. The van der Waals surface area contributed by atoms with E-state index in [0.29, 0.717) is 24.7 Å². The number of likely N-dealkylation sites (tertiary alicyclic amines) is 1. The minimum atomic E-state index is -0.0245. The molecule has 1 saturated carbocycles. The normalized spacial score (nSPS) is 24.0. The first kappa shape index (κ1) is 19.7. The third-order valence-electron chi connectivity index (χ3n) is 7.40. The third-order valence-corrected chi connectivity index (χ3v) is 7.40. The standard InChI is InChI=1S/C23H30N4O3/c28-20(6-5-17-3-1-2-4-17)27-15-19(23(16-27)9-13-29-14-10-23)22-26-25-21(30-22)18-7-11-24-12-8-18/h7-8,11-12,17,19H,1-6,9-10,13-16H2. The van der Waals surface area contributed by atoms with Crippen molar-refractivity contribution < 1.29 is 13.9 Å². The van der Waals surface area contributed by atoms with E-state index in [0.717, 1.165) is 50.5 Å². The summed E-state index contributed by atoms with van der Waals surface area (Å²) < 4.78 is 11.8. The lowest BCUT2D eigenvalue weighted by Crippen LogP contribution is -2.37. The van der Waals surface area contributed by atoms with Crippen molar-refractivity contribution in [2.45, 2.75) is 57.3 Å². The van der Waals surface area contributed by atoms with E-state index in [4.69, 9.17) is 9.15 Å². The Morgan fingerprint density at radius 3 is 2.67 bits per heavy atom. The molecule has 0 aromatic carbocycles. The second-order valence-electron chi connectivity index (χ2n) is 9.17. The van der Waals surface area contributed by atoms with Crippen molar-refractivity contribution in [3.05, 3.63) is 30.4 Å². The Morgan fingerprint density at radius 2 is 1.90 bits per heavy atom. The van der Waals surface area contributed by atoms with E-state index < -0.39 is 0 Å². The topological polar surface area (TPSA) is 81.4 Å². The zero-order chi connectivity index (χ0) is 20.4. The van der Waals surface area contributed by atoms with Crippen LogP contribution in [-0.2, 0) is 9.53 Å². The van der Waals surface area contributed by atoms with Crippen molar-refractivity contribution in [3.63, 3.8) is 0 Å². The Hall–Kier alpha value is -2.28. The average molecular weight is 411 g/mol. The second kappa shape index (κ2) is 8.46. The largest absolute Gasteiger partial charge is 0.420 e. The number of hydrogen-bond donors (Lipinski definition) is 0. The number of ether oxygens (including phenoxy) is 1. The summed E-state index contributed by atoms with van der Waals surface area (Å²) in [4.78, 5) is 19.2. The highest BCUT2D eigenvalue weighted by Crippen LogP contribution is 2.49. The maximum Gasteiger partial charge on any atom is 0.247 e. The van der Waals surface area contributed by atoms with Crippen LogP contribution in [0.25, 0.3) is 11.5 Å². The molecule has 2 aromatic heterocycles. The second-order valence-corrected chi connectivity index (χ2v) is 9.17. The molecule has 160 valence electrons. The molecule has 3 fully saturated rings. The smallest absolute Gasteiger partial charge is 0.247 e. The molecule has 0 radical (unpaired) electrons. The monoisotopic (exact) mass is 410 g/mol. The van der Waals surface area contributed by atoms with Crippen LogP contribution in [0.15, 0.2) is 28.9 Å². The van der Waals surface area contributed by atoms with E-state index in [9.17, 15) is 4.79 Å². The highest BCUT2D eigenvalue weighted by molar-refractivity contribution is 5.76. The molecular weight excluding hydrogens is 380 g/mol. The maximum absolute atomic E-state index is 13.1. The Labute approximate surface area is 177 Å². The molecule has 1 spiro atoms. The van der Waals surface area contributed by atoms with Gasteiger partial charge < -0.3 is 14.1 Å². The summed E-state index contributed by atoms with van der Waals surface area (Å²) in [6.07, 6.45) is 12.2. The van der Waals surface area contributed by atoms with Crippen molar-refractivity contribution in [2.24, 2.45) is 11.3 Å². The molecule has 5 rings (SSSR count). The SMILES string of the molecule is O=C(CCC1CCCC1)N1CC(c2nnc(-c3ccncc3)o2)C2(CCOCC2)C1. The highest BCUT2D eigenvalue weighted by Gasteiger charge is 2.51. The summed E-state index contributed by atoms with van der Waals surface area (Å²) in [5, 5.41) is 8.70. The molecule has 7 nitrogen and oxygen atoms in total. The van der Waals surface area contributed by atoms with Crippen molar-refractivity contribution >= 4 is 5.91 Å². The lowest BCUT2D eigenvalue weighted by Gasteiger charge is -2.36. The Balaban J connectivity index is 1.33. The quantitative estimate of drug-likeness (QED) is 0.745. The van der Waals surface area contributed by atoms with Gasteiger partial charge >= 0.3 is 0 Å². The van der Waals surface area contributed by atoms with Crippen LogP contribution in [0.3, 0.4) is 0 Å². The number of carbonyl (C=O) groups is 1. The van der Waals surface area contributed by atoms with Gasteiger partial charge in [-0.2, -0.15) is 0 Å². The summed E-state index contributed by atoms with van der Waals surface area (Å²) in [5.41, 5.74) is 0.843. The summed E-state index contributed by atoms with van der Waals surface area (Å²) in [5.74, 6) is 2.25. The van der Waals surface area contributed by atoms with Gasteiger partial charge in [-0.1, -0.05) is 25.7 Å². The molecule has 7 heteroatoms. The van der Waals surface area contributed by atoms with Crippen LogP contribution in [0.1, 0.15) is 63.2 Å². The van der Waals surface area contributed by atoms with Gasteiger partial charge in [0.1, 0.15) is 0 Å². The van der Waals surface area contributed by atoms with Crippen molar-refractivity contribution in [3.8, 4) is 11.5 Å². The highest BCUT2D eigenvalue weighted by atomic mass is 16.5. The van der Waals surface area contributed by atoms with Crippen molar-refractivity contribution in [1.29, 1.82) is 0 Å². The fourth-order valence-electron chi connectivity index (χ4n) is 5.55. The number of hydrogen-bond acceptors (Lipinski definition) is 6. The van der Waals surface area contributed by atoms with Gasteiger partial charge in [0, 0.05) is 56.1 Å². The van der Waals surface area contributed by atoms with Gasteiger partial charge in [0.15, 0.2) is 0 Å². The molecule has 2 aromatic rings. The molecule has 4 heterocycles. The first-order valence-electron chi connectivity index (χ1n) is 11.3. The molecule has 0 N–H and O–H groups in total. The Morgan fingerprint density at radius 1 is 1.13 bits per heavy atom. The minimum Gasteiger partial charge on any atom is -0.420 e. The van der Waals surface area contributed by atoms with Crippen LogP contribution < -0.4 is 0 Å². The zero-order valence-corrected chi connectivity index (χ0v) is 17.5. The van der Waals surface area contributed by atoms with E-state index in [1.165, 1.54) is 25.7 Å². The fraction of sp³-hybridized carbons (Fsp3) is 0.652. The van der Waals surface area contributed by atoms with Crippen molar-refractivity contribution in [1.82, 2.24) is 20.1 Å². The lowest BCUT2D eigenvalue weighted by molar-refractivity contribution is -0.131. The third kappa shape index (κ3) is 3.87. The van der Waals surface area contributed by atoms with Gasteiger partial charge in [0.05, 0.1) is 5.92 Å². The van der Waals surface area contributed by atoms with Crippen LogP contribution >= 0.6 is 0 Å². The molecule has 1 aliphatic carbocycles. The van der Waals surface area contributed by atoms with Gasteiger partial charge in [-0.05, 0) is 37.3 Å². The number of amides is 1.